The second-order valence-electron chi connectivity index (χ2n) is 4.49. The molecule has 2 aromatic carbocycles. The van der Waals surface area contributed by atoms with E-state index in [1.807, 2.05) is 55.5 Å². The van der Waals surface area contributed by atoms with Crippen molar-refractivity contribution < 1.29 is 4.74 Å². The predicted octanol–water partition coefficient (Wildman–Crippen LogP) is 4.70. The van der Waals surface area contributed by atoms with E-state index in [9.17, 15) is 0 Å². The fourth-order valence-electron chi connectivity index (χ4n) is 2.11. The van der Waals surface area contributed by atoms with Crippen LogP contribution in [0.3, 0.4) is 0 Å². The second kappa shape index (κ2) is 4.66. The van der Waals surface area contributed by atoms with Gasteiger partial charge in [-0.1, -0.05) is 51.8 Å². The lowest BCUT2D eigenvalue weighted by Crippen LogP contribution is -2.31. The van der Waals surface area contributed by atoms with Crippen molar-refractivity contribution in [3.8, 4) is 5.75 Å². The molecule has 1 aliphatic rings. The zero-order valence-electron chi connectivity index (χ0n) is 10.2. The van der Waals surface area contributed by atoms with E-state index in [0.717, 1.165) is 21.3 Å². The van der Waals surface area contributed by atoms with E-state index in [2.05, 4.69) is 20.9 Å². The molecule has 1 heterocycles. The summed E-state index contributed by atoms with van der Waals surface area (Å²) < 4.78 is 7.02. The molecular weight excluding hydrogens is 326 g/mol. The van der Waals surface area contributed by atoms with Crippen molar-refractivity contribution in [2.45, 2.75) is 12.6 Å². The Hall–Kier alpha value is -1.32. The molecule has 0 spiro atoms. The van der Waals surface area contributed by atoms with Crippen molar-refractivity contribution in [1.29, 1.82) is 0 Å². The van der Waals surface area contributed by atoms with Gasteiger partial charge in [0.05, 0.1) is 5.56 Å². The molecule has 0 saturated carbocycles. The van der Waals surface area contributed by atoms with Gasteiger partial charge in [0.15, 0.2) is 0 Å². The van der Waals surface area contributed by atoms with Crippen LogP contribution in [0, 0.1) is 0 Å². The van der Waals surface area contributed by atoms with Crippen LogP contribution in [0.15, 0.2) is 58.0 Å². The van der Waals surface area contributed by atoms with Crippen molar-refractivity contribution in [2.24, 2.45) is 4.99 Å². The number of ether oxygens (including phenoxy) is 1. The van der Waals surface area contributed by atoms with E-state index < -0.39 is 5.72 Å². The van der Waals surface area contributed by atoms with Gasteiger partial charge >= 0.3 is 0 Å². The van der Waals surface area contributed by atoms with E-state index in [1.165, 1.54) is 0 Å². The molecule has 1 unspecified atom stereocenters. The molecule has 2 nitrogen and oxygen atoms in total. The Balaban J connectivity index is 2.11. The summed E-state index contributed by atoms with van der Waals surface area (Å²) in [6, 6.07) is 15.5. The van der Waals surface area contributed by atoms with Crippen LogP contribution in [0.2, 0.25) is 0 Å². The minimum Gasteiger partial charge on any atom is -0.461 e. The highest BCUT2D eigenvalue weighted by Gasteiger charge is 2.33. The molecular formula is C15H11BrClNO. The van der Waals surface area contributed by atoms with Gasteiger partial charge in [0.1, 0.15) is 10.9 Å². The first kappa shape index (κ1) is 12.7. The van der Waals surface area contributed by atoms with Crippen LogP contribution >= 0.6 is 27.5 Å². The molecule has 2 aromatic rings. The highest BCUT2D eigenvalue weighted by atomic mass is 79.9. The van der Waals surface area contributed by atoms with Gasteiger partial charge in [-0.2, -0.15) is 0 Å². The number of rotatable bonds is 1. The second-order valence-corrected chi connectivity index (χ2v) is 5.77. The average Bonchev–Trinajstić information content (AvgIpc) is 2.38. The molecule has 0 fully saturated rings. The number of benzene rings is 2. The zero-order valence-corrected chi connectivity index (χ0v) is 12.6. The standard InChI is InChI=1S/C15H11BrClNO/c1-15(10-5-4-6-11(16)9-10)18-14(17)12-7-2-3-8-13(12)19-15/h2-9H,1H3. The van der Waals surface area contributed by atoms with Crippen molar-refractivity contribution in [3.63, 3.8) is 0 Å². The lowest BCUT2D eigenvalue weighted by Gasteiger charge is -2.32. The Labute approximate surface area is 125 Å². The lowest BCUT2D eigenvalue weighted by atomic mass is 10.0. The third-order valence-corrected chi connectivity index (χ3v) is 3.87. The summed E-state index contributed by atoms with van der Waals surface area (Å²) in [7, 11) is 0. The maximum atomic E-state index is 6.28. The Bertz CT molecular complexity index is 671. The van der Waals surface area contributed by atoms with E-state index in [-0.39, 0.29) is 0 Å². The first-order valence-corrected chi connectivity index (χ1v) is 7.05. The van der Waals surface area contributed by atoms with Crippen LogP contribution in [0.1, 0.15) is 18.1 Å². The molecule has 3 rings (SSSR count). The Morgan fingerprint density at radius 3 is 2.74 bits per heavy atom. The summed E-state index contributed by atoms with van der Waals surface area (Å²) in [5, 5.41) is 0.476. The van der Waals surface area contributed by atoms with Crippen LogP contribution < -0.4 is 4.74 Å². The van der Waals surface area contributed by atoms with E-state index in [4.69, 9.17) is 16.3 Å². The maximum Gasteiger partial charge on any atom is 0.225 e. The van der Waals surface area contributed by atoms with Crippen molar-refractivity contribution in [2.75, 3.05) is 0 Å². The van der Waals surface area contributed by atoms with Gasteiger partial charge in [0.2, 0.25) is 5.72 Å². The van der Waals surface area contributed by atoms with Crippen molar-refractivity contribution in [1.82, 2.24) is 0 Å². The van der Waals surface area contributed by atoms with E-state index in [1.54, 1.807) is 0 Å². The molecule has 0 saturated heterocycles. The number of aliphatic imine (C=N–C) groups is 1. The summed E-state index contributed by atoms with van der Waals surface area (Å²) in [5.41, 5.74) is 0.987. The first-order chi connectivity index (χ1) is 9.08. The highest BCUT2D eigenvalue weighted by molar-refractivity contribution is 9.10. The number of halogens is 2. The minimum absolute atomic E-state index is 0.476. The highest BCUT2D eigenvalue weighted by Crippen LogP contribution is 2.37. The Kier molecular flexibility index (Phi) is 3.11. The van der Waals surface area contributed by atoms with Gasteiger partial charge in [0, 0.05) is 17.0 Å². The quantitative estimate of drug-likeness (QED) is 0.739. The smallest absolute Gasteiger partial charge is 0.225 e. The summed E-state index contributed by atoms with van der Waals surface area (Å²) in [6.45, 7) is 1.91. The maximum absolute atomic E-state index is 6.28. The largest absolute Gasteiger partial charge is 0.461 e. The Morgan fingerprint density at radius 1 is 1.16 bits per heavy atom. The first-order valence-electron chi connectivity index (χ1n) is 5.88. The SMILES string of the molecule is CC1(c2cccc(Br)c2)N=C(Cl)c2ccccc2O1. The Morgan fingerprint density at radius 2 is 1.95 bits per heavy atom. The monoisotopic (exact) mass is 335 g/mol. The van der Waals surface area contributed by atoms with Crippen molar-refractivity contribution >= 4 is 32.7 Å². The predicted molar refractivity (Wildman–Crippen MR) is 81.0 cm³/mol. The molecule has 0 aliphatic carbocycles. The average molecular weight is 337 g/mol. The molecule has 0 radical (unpaired) electrons. The van der Waals surface area contributed by atoms with Crippen LogP contribution in [0.25, 0.3) is 0 Å². The number of hydrogen-bond donors (Lipinski definition) is 0. The van der Waals surface area contributed by atoms with Crippen molar-refractivity contribution in [3.05, 3.63) is 64.1 Å². The zero-order chi connectivity index (χ0) is 13.5. The van der Waals surface area contributed by atoms with Gasteiger partial charge in [-0.3, -0.25) is 0 Å². The minimum atomic E-state index is -0.796. The molecule has 0 amide bonds. The van der Waals surface area contributed by atoms with E-state index >= 15 is 0 Å². The number of nitrogens with zero attached hydrogens (tertiary/aromatic N) is 1. The third-order valence-electron chi connectivity index (χ3n) is 3.09. The summed E-state index contributed by atoms with van der Waals surface area (Å²) in [6.07, 6.45) is 0. The van der Waals surface area contributed by atoms with Gasteiger partial charge < -0.3 is 4.74 Å². The molecule has 19 heavy (non-hydrogen) atoms. The normalized spacial score (nSPS) is 21.3. The van der Waals surface area contributed by atoms with Crippen LogP contribution in [-0.2, 0) is 5.72 Å². The van der Waals surface area contributed by atoms with Gasteiger partial charge in [0.25, 0.3) is 0 Å². The van der Waals surface area contributed by atoms with Crippen LogP contribution in [0.4, 0.5) is 0 Å². The van der Waals surface area contributed by atoms with Crippen LogP contribution in [0.5, 0.6) is 5.75 Å². The fourth-order valence-corrected chi connectivity index (χ4v) is 2.83. The molecule has 1 aliphatic heterocycles. The molecule has 0 N–H and O–H groups in total. The summed E-state index contributed by atoms with van der Waals surface area (Å²) >= 11 is 9.74. The van der Waals surface area contributed by atoms with Gasteiger partial charge in [-0.15, -0.1) is 0 Å². The molecule has 0 aromatic heterocycles. The molecule has 1 atom stereocenters. The number of para-hydroxylation sites is 1. The molecule has 4 heteroatoms. The summed E-state index contributed by atoms with van der Waals surface area (Å²) in [4.78, 5) is 4.51. The number of fused-ring (bicyclic) bond motifs is 1. The molecule has 0 bridgehead atoms. The summed E-state index contributed by atoms with van der Waals surface area (Å²) in [5.74, 6) is 0.755. The molecule has 96 valence electrons. The number of hydrogen-bond acceptors (Lipinski definition) is 2. The fraction of sp³-hybridized carbons (Fsp3) is 0.133. The van der Waals surface area contributed by atoms with Gasteiger partial charge in [-0.05, 0) is 24.3 Å². The topological polar surface area (TPSA) is 21.6 Å². The third kappa shape index (κ3) is 2.28. The van der Waals surface area contributed by atoms with Gasteiger partial charge in [-0.25, -0.2) is 4.99 Å². The lowest BCUT2D eigenvalue weighted by molar-refractivity contribution is 0.0934. The van der Waals surface area contributed by atoms with E-state index in [0.29, 0.717) is 5.17 Å². The van der Waals surface area contributed by atoms with Crippen LogP contribution in [-0.4, -0.2) is 5.17 Å².